The van der Waals surface area contributed by atoms with Gasteiger partial charge in [-0.1, -0.05) is 18.2 Å². The highest BCUT2D eigenvalue weighted by atomic mass is 16.3. The van der Waals surface area contributed by atoms with Gasteiger partial charge in [-0.15, -0.1) is 0 Å². The monoisotopic (exact) mass is 409 g/mol. The van der Waals surface area contributed by atoms with Gasteiger partial charge in [0.2, 0.25) is 0 Å². The molecule has 154 valence electrons. The number of furan rings is 1. The van der Waals surface area contributed by atoms with Crippen LogP contribution in [0, 0.1) is 6.92 Å². The van der Waals surface area contributed by atoms with Gasteiger partial charge >= 0.3 is 0 Å². The Bertz CT molecular complexity index is 1370. The molecule has 31 heavy (non-hydrogen) atoms. The predicted octanol–water partition coefficient (Wildman–Crippen LogP) is 5.77. The Morgan fingerprint density at radius 3 is 2.74 bits per heavy atom. The molecule has 2 aromatic carbocycles. The molecule has 0 bridgehead atoms. The van der Waals surface area contributed by atoms with E-state index >= 15 is 0 Å². The molecule has 0 aliphatic rings. The average molecular weight is 409 g/mol. The third kappa shape index (κ3) is 3.80. The van der Waals surface area contributed by atoms with Crippen molar-refractivity contribution in [3.05, 3.63) is 84.6 Å². The summed E-state index contributed by atoms with van der Waals surface area (Å²) in [5.74, 6) is 0.785. The zero-order chi connectivity index (χ0) is 21.4. The number of nitrogens with zero attached hydrogens (tertiary/aromatic N) is 4. The van der Waals surface area contributed by atoms with Crippen LogP contribution < -0.4 is 5.32 Å². The maximum Gasteiger partial charge on any atom is 0.134 e. The van der Waals surface area contributed by atoms with Crippen molar-refractivity contribution in [3.8, 4) is 22.4 Å². The molecule has 0 fully saturated rings. The van der Waals surface area contributed by atoms with Crippen molar-refractivity contribution in [1.82, 2.24) is 19.7 Å². The van der Waals surface area contributed by atoms with Gasteiger partial charge < -0.3 is 9.73 Å². The van der Waals surface area contributed by atoms with E-state index in [4.69, 9.17) is 4.42 Å². The minimum absolute atomic E-state index is 0.0815. The summed E-state index contributed by atoms with van der Waals surface area (Å²) in [6, 6.07) is 16.7. The van der Waals surface area contributed by atoms with Crippen molar-refractivity contribution in [2.45, 2.75) is 19.9 Å². The smallest absolute Gasteiger partial charge is 0.134 e. The van der Waals surface area contributed by atoms with E-state index in [1.807, 2.05) is 49.2 Å². The fourth-order valence-corrected chi connectivity index (χ4v) is 3.77. The molecule has 1 N–H and O–H groups in total. The summed E-state index contributed by atoms with van der Waals surface area (Å²) in [7, 11) is 1.93. The van der Waals surface area contributed by atoms with E-state index in [-0.39, 0.29) is 6.04 Å². The van der Waals surface area contributed by atoms with Gasteiger partial charge in [0.05, 0.1) is 18.2 Å². The number of anilines is 1. The highest BCUT2D eigenvalue weighted by Crippen LogP contribution is 2.28. The van der Waals surface area contributed by atoms with E-state index in [0.717, 1.165) is 44.7 Å². The molecular formula is C25H23N5O. The number of fused-ring (bicyclic) bond motifs is 1. The lowest BCUT2D eigenvalue weighted by Crippen LogP contribution is -2.08. The molecule has 6 heteroatoms. The van der Waals surface area contributed by atoms with Gasteiger partial charge in [-0.05, 0) is 54.8 Å². The Hall–Kier alpha value is -3.93. The third-order valence-corrected chi connectivity index (χ3v) is 5.52. The van der Waals surface area contributed by atoms with Crippen LogP contribution in [-0.4, -0.2) is 19.7 Å². The third-order valence-electron chi connectivity index (χ3n) is 5.52. The quantitative estimate of drug-likeness (QED) is 0.399. The van der Waals surface area contributed by atoms with Crippen LogP contribution in [0.1, 0.15) is 24.1 Å². The molecule has 1 atom stereocenters. The maximum absolute atomic E-state index is 5.56. The second-order valence-electron chi connectivity index (χ2n) is 7.81. The second kappa shape index (κ2) is 7.72. The molecule has 0 saturated heterocycles. The zero-order valence-corrected chi connectivity index (χ0v) is 17.7. The van der Waals surface area contributed by atoms with E-state index in [9.17, 15) is 0 Å². The Morgan fingerprint density at radius 2 is 1.90 bits per heavy atom. The molecule has 6 nitrogen and oxygen atoms in total. The molecule has 5 aromatic rings. The van der Waals surface area contributed by atoms with Crippen molar-refractivity contribution in [2.75, 3.05) is 5.32 Å². The number of aromatic nitrogens is 4. The SMILES string of the molecule is Cc1coc2ccc(-c3cc(N[C@@H](C)c4cccc(-c5cnn(C)c5)c4)ncn3)cc12. The molecule has 3 heterocycles. The van der Waals surface area contributed by atoms with E-state index in [1.165, 1.54) is 5.56 Å². The van der Waals surface area contributed by atoms with E-state index in [2.05, 4.69) is 57.6 Å². The molecule has 0 aliphatic carbocycles. The van der Waals surface area contributed by atoms with Crippen molar-refractivity contribution < 1.29 is 4.42 Å². The van der Waals surface area contributed by atoms with Crippen LogP contribution in [0.5, 0.6) is 0 Å². The first-order valence-electron chi connectivity index (χ1n) is 10.2. The lowest BCUT2D eigenvalue weighted by molar-refractivity contribution is 0.613. The molecular weight excluding hydrogens is 386 g/mol. The van der Waals surface area contributed by atoms with Crippen LogP contribution in [0.15, 0.2) is 77.9 Å². The molecule has 0 radical (unpaired) electrons. The van der Waals surface area contributed by atoms with E-state index in [0.29, 0.717) is 0 Å². The fourth-order valence-electron chi connectivity index (χ4n) is 3.77. The van der Waals surface area contributed by atoms with Crippen molar-refractivity contribution in [2.24, 2.45) is 7.05 Å². The van der Waals surface area contributed by atoms with E-state index in [1.54, 1.807) is 12.6 Å². The Kier molecular flexibility index (Phi) is 4.75. The summed E-state index contributed by atoms with van der Waals surface area (Å²) >= 11 is 0. The number of benzene rings is 2. The van der Waals surface area contributed by atoms with Gasteiger partial charge in [0.1, 0.15) is 17.7 Å². The largest absolute Gasteiger partial charge is 0.464 e. The Balaban J connectivity index is 1.39. The van der Waals surface area contributed by atoms with Crippen molar-refractivity contribution in [3.63, 3.8) is 0 Å². The maximum atomic E-state index is 5.56. The van der Waals surface area contributed by atoms with Gasteiger partial charge in [0, 0.05) is 41.9 Å². The van der Waals surface area contributed by atoms with Gasteiger partial charge in [0.25, 0.3) is 0 Å². The van der Waals surface area contributed by atoms with Crippen LogP contribution in [0.4, 0.5) is 5.82 Å². The summed E-state index contributed by atoms with van der Waals surface area (Å²) in [4.78, 5) is 8.91. The van der Waals surface area contributed by atoms with Crippen molar-refractivity contribution >= 4 is 16.8 Å². The molecule has 5 rings (SSSR count). The number of nitrogens with one attached hydrogen (secondary N) is 1. The first-order valence-corrected chi connectivity index (χ1v) is 10.2. The van der Waals surface area contributed by atoms with E-state index < -0.39 is 0 Å². The lowest BCUT2D eigenvalue weighted by Gasteiger charge is -2.16. The standard InChI is InChI=1S/C25H23N5O/c1-16-14-31-24-8-7-20(10-22(16)24)23-11-25(27-15-26-23)29-17(2)18-5-4-6-19(9-18)21-12-28-30(3)13-21/h4-15,17H,1-3H3,(H,26,27,29)/t17-/m0/s1. The van der Waals surface area contributed by atoms with Crippen LogP contribution >= 0.6 is 0 Å². The molecule has 0 saturated carbocycles. The van der Waals surface area contributed by atoms with Crippen LogP contribution in [0.3, 0.4) is 0 Å². The Morgan fingerprint density at radius 1 is 1.00 bits per heavy atom. The molecule has 3 aromatic heterocycles. The number of aryl methyl sites for hydroxylation is 2. The zero-order valence-electron chi connectivity index (χ0n) is 17.7. The predicted molar refractivity (Wildman–Crippen MR) is 123 cm³/mol. The number of hydrogen-bond donors (Lipinski definition) is 1. The minimum Gasteiger partial charge on any atom is -0.464 e. The lowest BCUT2D eigenvalue weighted by atomic mass is 10.0. The minimum atomic E-state index is 0.0815. The summed E-state index contributed by atoms with van der Waals surface area (Å²) in [6.45, 7) is 4.18. The summed E-state index contributed by atoms with van der Waals surface area (Å²) < 4.78 is 7.37. The molecule has 0 amide bonds. The van der Waals surface area contributed by atoms with Crippen LogP contribution in [0.25, 0.3) is 33.4 Å². The Labute approximate surface area is 180 Å². The highest BCUT2D eigenvalue weighted by Gasteiger charge is 2.11. The normalized spacial score (nSPS) is 12.2. The first kappa shape index (κ1) is 19.1. The van der Waals surface area contributed by atoms with Gasteiger partial charge in [-0.3, -0.25) is 4.68 Å². The number of hydrogen-bond acceptors (Lipinski definition) is 5. The summed E-state index contributed by atoms with van der Waals surface area (Å²) in [5, 5.41) is 8.88. The average Bonchev–Trinajstić information content (AvgIpc) is 3.39. The first-order chi connectivity index (χ1) is 15.1. The molecule has 0 aliphatic heterocycles. The topological polar surface area (TPSA) is 68.8 Å². The fraction of sp³-hybridized carbons (Fsp3) is 0.160. The molecule has 0 unspecified atom stereocenters. The second-order valence-corrected chi connectivity index (χ2v) is 7.81. The molecule has 0 spiro atoms. The van der Waals surface area contributed by atoms with Crippen LogP contribution in [0.2, 0.25) is 0 Å². The van der Waals surface area contributed by atoms with Crippen LogP contribution in [-0.2, 0) is 7.05 Å². The van der Waals surface area contributed by atoms with Crippen molar-refractivity contribution in [1.29, 1.82) is 0 Å². The number of rotatable bonds is 5. The highest BCUT2D eigenvalue weighted by molar-refractivity contribution is 5.85. The van der Waals surface area contributed by atoms with Gasteiger partial charge in [0.15, 0.2) is 0 Å². The van der Waals surface area contributed by atoms with Gasteiger partial charge in [-0.25, -0.2) is 9.97 Å². The van der Waals surface area contributed by atoms with Gasteiger partial charge in [-0.2, -0.15) is 5.10 Å². The summed E-state index contributed by atoms with van der Waals surface area (Å²) in [5.41, 5.74) is 7.33. The summed E-state index contributed by atoms with van der Waals surface area (Å²) in [6.07, 6.45) is 7.28.